The molecule has 1 N–H and O–H groups in total. The molecule has 0 atom stereocenters. The summed E-state index contributed by atoms with van der Waals surface area (Å²) in [5, 5.41) is 2.86. The predicted molar refractivity (Wildman–Crippen MR) is 87.0 cm³/mol. The fourth-order valence-corrected chi connectivity index (χ4v) is 2.80. The first-order chi connectivity index (χ1) is 11.2. The van der Waals surface area contributed by atoms with Gasteiger partial charge < -0.3 is 14.8 Å². The third-order valence-corrected chi connectivity index (χ3v) is 3.97. The van der Waals surface area contributed by atoms with Gasteiger partial charge in [0, 0.05) is 37.6 Å². The van der Waals surface area contributed by atoms with Crippen molar-refractivity contribution < 1.29 is 9.59 Å². The summed E-state index contributed by atoms with van der Waals surface area (Å²) in [6, 6.07) is 7.81. The lowest BCUT2D eigenvalue weighted by Crippen LogP contribution is -2.41. The number of para-hydroxylation sites is 1. The molecule has 0 saturated carbocycles. The second-order valence-electron chi connectivity index (χ2n) is 5.61. The number of imidazole rings is 1. The van der Waals surface area contributed by atoms with Crippen LogP contribution < -0.4 is 10.2 Å². The molecule has 0 saturated heterocycles. The van der Waals surface area contributed by atoms with Gasteiger partial charge in [-0.2, -0.15) is 0 Å². The Hall–Kier alpha value is -2.63. The summed E-state index contributed by atoms with van der Waals surface area (Å²) in [6.07, 6.45) is 7.45. The first kappa shape index (κ1) is 15.3. The van der Waals surface area contributed by atoms with Gasteiger partial charge in [0.15, 0.2) is 0 Å². The minimum atomic E-state index is -0.143. The Morgan fingerprint density at radius 3 is 2.96 bits per heavy atom. The molecule has 1 aliphatic heterocycles. The second kappa shape index (κ2) is 7.09. The minimum Gasteiger partial charge on any atom is -0.353 e. The normalized spacial score (nSPS) is 14.3. The zero-order valence-corrected chi connectivity index (χ0v) is 12.9. The molecule has 23 heavy (non-hydrogen) atoms. The molecule has 3 rings (SSSR count). The van der Waals surface area contributed by atoms with E-state index in [0.29, 0.717) is 19.5 Å². The van der Waals surface area contributed by atoms with Crippen LogP contribution in [0.25, 0.3) is 0 Å². The van der Waals surface area contributed by atoms with E-state index in [1.165, 1.54) is 0 Å². The zero-order valence-electron chi connectivity index (χ0n) is 12.9. The highest BCUT2D eigenvalue weighted by molar-refractivity contribution is 5.99. The first-order valence-corrected chi connectivity index (χ1v) is 7.85. The molecule has 1 aromatic heterocycles. The van der Waals surface area contributed by atoms with Crippen molar-refractivity contribution in [1.29, 1.82) is 0 Å². The SMILES string of the molecule is O=C(CN1C(=O)CCCc2ccccc21)NCCn1ccnc1. The number of hydrogen-bond donors (Lipinski definition) is 1. The first-order valence-electron chi connectivity index (χ1n) is 7.85. The topological polar surface area (TPSA) is 67.2 Å². The maximum atomic E-state index is 12.3. The van der Waals surface area contributed by atoms with Crippen LogP contribution in [0.5, 0.6) is 0 Å². The van der Waals surface area contributed by atoms with Crippen LogP contribution in [0.1, 0.15) is 18.4 Å². The smallest absolute Gasteiger partial charge is 0.240 e. The van der Waals surface area contributed by atoms with Crippen LogP contribution in [0.3, 0.4) is 0 Å². The molecule has 2 amide bonds. The van der Waals surface area contributed by atoms with Gasteiger partial charge in [-0.15, -0.1) is 0 Å². The highest BCUT2D eigenvalue weighted by Gasteiger charge is 2.23. The van der Waals surface area contributed by atoms with Crippen LogP contribution in [0.15, 0.2) is 43.0 Å². The molecular formula is C17H20N4O2. The Labute approximate surface area is 135 Å². The Morgan fingerprint density at radius 2 is 2.13 bits per heavy atom. The van der Waals surface area contributed by atoms with E-state index in [0.717, 1.165) is 24.1 Å². The van der Waals surface area contributed by atoms with Gasteiger partial charge in [0.2, 0.25) is 11.8 Å². The van der Waals surface area contributed by atoms with Crippen LogP contribution >= 0.6 is 0 Å². The maximum Gasteiger partial charge on any atom is 0.240 e. The highest BCUT2D eigenvalue weighted by atomic mass is 16.2. The van der Waals surface area contributed by atoms with E-state index >= 15 is 0 Å². The van der Waals surface area contributed by atoms with Gasteiger partial charge in [-0.25, -0.2) is 4.98 Å². The molecule has 0 bridgehead atoms. The molecule has 120 valence electrons. The molecule has 6 heteroatoms. The lowest BCUT2D eigenvalue weighted by molar-refractivity contribution is -0.123. The Bertz CT molecular complexity index is 682. The molecule has 0 aliphatic carbocycles. The number of aromatic nitrogens is 2. The van der Waals surface area contributed by atoms with Crippen LogP contribution in [-0.4, -0.2) is 34.5 Å². The Morgan fingerprint density at radius 1 is 1.26 bits per heavy atom. The van der Waals surface area contributed by atoms with Gasteiger partial charge in [-0.1, -0.05) is 18.2 Å². The summed E-state index contributed by atoms with van der Waals surface area (Å²) in [5.41, 5.74) is 1.99. The van der Waals surface area contributed by atoms with Crippen LogP contribution in [0.4, 0.5) is 5.69 Å². The standard InChI is InChI=1S/C17H20N4O2/c22-16(19-9-11-20-10-8-18-13-20)12-21-15-6-2-1-4-14(15)5-3-7-17(21)23/h1-2,4,6,8,10,13H,3,5,7,9,11-12H2,(H,19,22). The maximum absolute atomic E-state index is 12.3. The molecule has 1 aliphatic rings. The number of carbonyl (C=O) groups excluding carboxylic acids is 2. The number of carbonyl (C=O) groups is 2. The molecule has 0 fully saturated rings. The van der Waals surface area contributed by atoms with Crippen molar-refractivity contribution in [2.75, 3.05) is 18.0 Å². The molecular weight excluding hydrogens is 292 g/mol. The largest absolute Gasteiger partial charge is 0.353 e. The summed E-state index contributed by atoms with van der Waals surface area (Å²) in [4.78, 5) is 30.0. The highest BCUT2D eigenvalue weighted by Crippen LogP contribution is 2.26. The fourth-order valence-electron chi connectivity index (χ4n) is 2.80. The van der Waals surface area contributed by atoms with Crippen molar-refractivity contribution in [3.8, 4) is 0 Å². The molecule has 2 aromatic rings. The number of nitrogens with one attached hydrogen (secondary N) is 1. The average molecular weight is 312 g/mol. The van der Waals surface area contributed by atoms with Crippen molar-refractivity contribution in [1.82, 2.24) is 14.9 Å². The number of anilines is 1. The van der Waals surface area contributed by atoms with E-state index in [-0.39, 0.29) is 18.4 Å². The summed E-state index contributed by atoms with van der Waals surface area (Å²) in [6.45, 7) is 1.24. The van der Waals surface area contributed by atoms with E-state index < -0.39 is 0 Å². The fraction of sp³-hybridized carbons (Fsp3) is 0.353. The third-order valence-electron chi connectivity index (χ3n) is 3.97. The van der Waals surface area contributed by atoms with Crippen molar-refractivity contribution in [2.45, 2.75) is 25.8 Å². The number of aryl methyl sites for hydroxylation is 1. The van der Waals surface area contributed by atoms with Gasteiger partial charge >= 0.3 is 0 Å². The van der Waals surface area contributed by atoms with Crippen LogP contribution in [0.2, 0.25) is 0 Å². The van der Waals surface area contributed by atoms with Crippen molar-refractivity contribution in [3.63, 3.8) is 0 Å². The summed E-state index contributed by atoms with van der Waals surface area (Å²) in [5.74, 6) is -0.130. The molecule has 6 nitrogen and oxygen atoms in total. The lowest BCUT2D eigenvalue weighted by atomic mass is 10.1. The van der Waals surface area contributed by atoms with Gasteiger partial charge in [0.1, 0.15) is 6.54 Å². The van der Waals surface area contributed by atoms with E-state index in [2.05, 4.69) is 10.3 Å². The molecule has 0 spiro atoms. The minimum absolute atomic E-state index is 0.0136. The molecule has 2 heterocycles. The van der Waals surface area contributed by atoms with E-state index in [4.69, 9.17) is 0 Å². The summed E-state index contributed by atoms with van der Waals surface area (Å²) >= 11 is 0. The molecule has 0 unspecified atom stereocenters. The molecule has 0 radical (unpaired) electrons. The number of hydrogen-bond acceptors (Lipinski definition) is 3. The Kier molecular flexibility index (Phi) is 4.71. The number of amides is 2. The second-order valence-corrected chi connectivity index (χ2v) is 5.61. The average Bonchev–Trinajstić information content (AvgIpc) is 3.01. The zero-order chi connectivity index (χ0) is 16.1. The van der Waals surface area contributed by atoms with Gasteiger partial charge in [0.25, 0.3) is 0 Å². The Balaban J connectivity index is 1.61. The summed E-state index contributed by atoms with van der Waals surface area (Å²) in [7, 11) is 0. The van der Waals surface area contributed by atoms with Crippen molar-refractivity contribution in [3.05, 3.63) is 48.5 Å². The van der Waals surface area contributed by atoms with E-state index in [9.17, 15) is 9.59 Å². The van der Waals surface area contributed by atoms with Crippen molar-refractivity contribution >= 4 is 17.5 Å². The number of fused-ring (bicyclic) bond motifs is 1. The van der Waals surface area contributed by atoms with Gasteiger partial charge in [0.05, 0.1) is 6.33 Å². The number of rotatable bonds is 5. The van der Waals surface area contributed by atoms with Crippen LogP contribution in [-0.2, 0) is 22.6 Å². The van der Waals surface area contributed by atoms with E-state index in [1.807, 2.05) is 35.0 Å². The summed E-state index contributed by atoms with van der Waals surface area (Å²) < 4.78 is 1.90. The number of benzene rings is 1. The van der Waals surface area contributed by atoms with Crippen molar-refractivity contribution in [2.24, 2.45) is 0 Å². The quantitative estimate of drug-likeness (QED) is 0.907. The van der Waals surface area contributed by atoms with E-state index in [1.54, 1.807) is 17.4 Å². The number of nitrogens with zero attached hydrogens (tertiary/aromatic N) is 3. The lowest BCUT2D eigenvalue weighted by Gasteiger charge is -2.22. The van der Waals surface area contributed by atoms with Crippen LogP contribution in [0, 0.1) is 0 Å². The third kappa shape index (κ3) is 3.77. The van der Waals surface area contributed by atoms with Gasteiger partial charge in [-0.3, -0.25) is 9.59 Å². The monoisotopic (exact) mass is 312 g/mol. The molecule has 1 aromatic carbocycles. The predicted octanol–water partition coefficient (Wildman–Crippen LogP) is 1.37. The van der Waals surface area contributed by atoms with Gasteiger partial charge in [-0.05, 0) is 24.5 Å².